The highest BCUT2D eigenvalue weighted by Crippen LogP contribution is 2.31. The van der Waals surface area contributed by atoms with Gasteiger partial charge in [0.2, 0.25) is 0 Å². The first-order valence-electron chi connectivity index (χ1n) is 7.86. The third kappa shape index (κ3) is 3.40. The molecule has 0 aliphatic rings. The van der Waals surface area contributed by atoms with Crippen LogP contribution in [0.3, 0.4) is 0 Å². The summed E-state index contributed by atoms with van der Waals surface area (Å²) in [5.74, 6) is -0.785. The standard InChI is InChI=1S/C16H16N6O.C2H6/c17-13-10(9-4-5-12-21-6-7-22(12)8-9)2-1-3-11(13)14(18)15(19)16(20)23;1-2/h1-8H,17-19H2,(H2,20,23);1-2H3/b15-14+;. The van der Waals surface area contributed by atoms with Gasteiger partial charge in [0.25, 0.3) is 5.91 Å². The maximum absolute atomic E-state index is 11.2. The number of aromatic nitrogens is 2. The third-order valence-electron chi connectivity index (χ3n) is 3.65. The zero-order valence-corrected chi connectivity index (χ0v) is 14.2. The van der Waals surface area contributed by atoms with Crippen LogP contribution in [0.1, 0.15) is 19.4 Å². The Morgan fingerprint density at radius 1 is 1.08 bits per heavy atom. The summed E-state index contributed by atoms with van der Waals surface area (Å²) in [6.45, 7) is 4.00. The van der Waals surface area contributed by atoms with E-state index in [9.17, 15) is 4.79 Å². The SMILES string of the molecule is CC.NC(=O)/C(N)=C(\N)c1cccc(-c2ccc3nccn3c2)c1N. The highest BCUT2D eigenvalue weighted by atomic mass is 16.1. The molecule has 0 radical (unpaired) electrons. The number of nitrogens with zero attached hydrogens (tertiary/aromatic N) is 2. The van der Waals surface area contributed by atoms with Crippen LogP contribution in [0.2, 0.25) is 0 Å². The van der Waals surface area contributed by atoms with Crippen molar-refractivity contribution < 1.29 is 4.79 Å². The molecule has 3 rings (SSSR count). The van der Waals surface area contributed by atoms with E-state index in [0.717, 1.165) is 16.8 Å². The summed E-state index contributed by atoms with van der Waals surface area (Å²) in [4.78, 5) is 15.4. The number of para-hydroxylation sites is 1. The van der Waals surface area contributed by atoms with Crippen molar-refractivity contribution in [2.24, 2.45) is 17.2 Å². The van der Waals surface area contributed by atoms with E-state index in [4.69, 9.17) is 22.9 Å². The number of carbonyl (C=O) groups is 1. The van der Waals surface area contributed by atoms with E-state index in [-0.39, 0.29) is 11.4 Å². The molecular formula is C18H22N6O. The summed E-state index contributed by atoms with van der Waals surface area (Å²) in [5, 5.41) is 0. The number of carbonyl (C=O) groups excluding carboxylic acids is 1. The number of benzene rings is 1. The molecule has 0 saturated carbocycles. The van der Waals surface area contributed by atoms with Crippen LogP contribution >= 0.6 is 0 Å². The lowest BCUT2D eigenvalue weighted by Gasteiger charge is -2.13. The molecule has 0 fully saturated rings. The van der Waals surface area contributed by atoms with Crippen LogP contribution < -0.4 is 22.9 Å². The molecular weight excluding hydrogens is 316 g/mol. The number of anilines is 1. The number of pyridine rings is 1. The number of imidazole rings is 1. The predicted octanol–water partition coefficient (Wildman–Crippen LogP) is 1.68. The van der Waals surface area contributed by atoms with Gasteiger partial charge in [-0.3, -0.25) is 4.79 Å². The quantitative estimate of drug-likeness (QED) is 0.425. The van der Waals surface area contributed by atoms with Crippen LogP contribution in [0.5, 0.6) is 0 Å². The number of nitrogen functional groups attached to an aromatic ring is 1. The molecule has 0 saturated heterocycles. The Balaban J connectivity index is 0.00000109. The predicted molar refractivity (Wildman–Crippen MR) is 101 cm³/mol. The Morgan fingerprint density at radius 3 is 2.48 bits per heavy atom. The van der Waals surface area contributed by atoms with Crippen molar-refractivity contribution in [3.63, 3.8) is 0 Å². The minimum Gasteiger partial charge on any atom is -0.398 e. The van der Waals surface area contributed by atoms with Crippen LogP contribution in [0.4, 0.5) is 5.69 Å². The van der Waals surface area contributed by atoms with E-state index in [1.807, 2.05) is 48.8 Å². The summed E-state index contributed by atoms with van der Waals surface area (Å²) in [7, 11) is 0. The monoisotopic (exact) mass is 338 g/mol. The number of hydrogen-bond donors (Lipinski definition) is 4. The Hall–Kier alpha value is -3.48. The van der Waals surface area contributed by atoms with Gasteiger partial charge in [-0.05, 0) is 12.1 Å². The molecule has 0 unspecified atom stereocenters. The summed E-state index contributed by atoms with van der Waals surface area (Å²) < 4.78 is 1.89. The van der Waals surface area contributed by atoms with Crippen LogP contribution in [0.15, 0.2) is 54.6 Å². The second-order valence-electron chi connectivity index (χ2n) is 5.07. The van der Waals surface area contributed by atoms with Gasteiger partial charge in [0.05, 0.1) is 5.70 Å². The Morgan fingerprint density at radius 2 is 1.80 bits per heavy atom. The normalized spacial score (nSPS) is 11.4. The van der Waals surface area contributed by atoms with Gasteiger partial charge in [-0.25, -0.2) is 4.98 Å². The molecule has 2 aromatic heterocycles. The zero-order chi connectivity index (χ0) is 18.6. The van der Waals surface area contributed by atoms with Crippen molar-refractivity contribution in [3.8, 4) is 11.1 Å². The molecule has 7 nitrogen and oxygen atoms in total. The molecule has 25 heavy (non-hydrogen) atoms. The molecule has 8 N–H and O–H groups in total. The van der Waals surface area contributed by atoms with Crippen molar-refractivity contribution in [2.75, 3.05) is 5.73 Å². The molecule has 1 aromatic carbocycles. The molecule has 0 aliphatic carbocycles. The molecule has 2 heterocycles. The Kier molecular flexibility index (Phi) is 5.28. The molecule has 3 aromatic rings. The Bertz CT molecular complexity index is 942. The van der Waals surface area contributed by atoms with Crippen molar-refractivity contribution in [2.45, 2.75) is 13.8 Å². The van der Waals surface area contributed by atoms with E-state index in [2.05, 4.69) is 4.98 Å². The summed E-state index contributed by atoms with van der Waals surface area (Å²) in [5.41, 5.74) is 26.2. The fourth-order valence-electron chi connectivity index (χ4n) is 2.41. The second-order valence-corrected chi connectivity index (χ2v) is 5.07. The molecule has 130 valence electrons. The van der Waals surface area contributed by atoms with Crippen molar-refractivity contribution in [1.29, 1.82) is 0 Å². The smallest absolute Gasteiger partial charge is 0.266 e. The van der Waals surface area contributed by atoms with E-state index in [1.54, 1.807) is 18.3 Å². The molecule has 7 heteroatoms. The van der Waals surface area contributed by atoms with Crippen molar-refractivity contribution in [1.82, 2.24) is 9.38 Å². The molecule has 0 atom stereocenters. The van der Waals surface area contributed by atoms with Gasteiger partial charge in [0.15, 0.2) is 0 Å². The second kappa shape index (κ2) is 7.39. The highest BCUT2D eigenvalue weighted by Gasteiger charge is 2.14. The topological polar surface area (TPSA) is 138 Å². The lowest BCUT2D eigenvalue weighted by atomic mass is 9.99. The highest BCUT2D eigenvalue weighted by molar-refractivity contribution is 6.00. The average Bonchev–Trinajstić information content (AvgIpc) is 3.10. The third-order valence-corrected chi connectivity index (χ3v) is 3.65. The fourth-order valence-corrected chi connectivity index (χ4v) is 2.41. The van der Waals surface area contributed by atoms with Gasteiger partial charge >= 0.3 is 0 Å². The van der Waals surface area contributed by atoms with E-state index >= 15 is 0 Å². The van der Waals surface area contributed by atoms with Crippen LogP contribution in [0, 0.1) is 0 Å². The largest absolute Gasteiger partial charge is 0.398 e. The first kappa shape index (κ1) is 17.9. The summed E-state index contributed by atoms with van der Waals surface area (Å²) in [6, 6.07) is 9.15. The van der Waals surface area contributed by atoms with Gasteiger partial charge < -0.3 is 27.3 Å². The Labute approximate surface area is 145 Å². The minimum absolute atomic E-state index is 0.0700. The van der Waals surface area contributed by atoms with Crippen LogP contribution in [0.25, 0.3) is 22.5 Å². The average molecular weight is 338 g/mol. The van der Waals surface area contributed by atoms with Crippen LogP contribution in [-0.2, 0) is 4.79 Å². The van der Waals surface area contributed by atoms with Gasteiger partial charge in [0.1, 0.15) is 11.3 Å². The number of nitrogens with two attached hydrogens (primary N) is 4. The first-order chi connectivity index (χ1) is 12.0. The van der Waals surface area contributed by atoms with E-state index < -0.39 is 5.91 Å². The van der Waals surface area contributed by atoms with E-state index in [0.29, 0.717) is 11.3 Å². The molecule has 0 spiro atoms. The maximum atomic E-state index is 11.2. The lowest BCUT2D eigenvalue weighted by molar-refractivity contribution is -0.114. The fraction of sp³-hybridized carbons (Fsp3) is 0.111. The first-order valence-corrected chi connectivity index (χ1v) is 7.86. The number of rotatable bonds is 3. The number of primary amides is 1. The molecule has 0 aliphatic heterocycles. The minimum atomic E-state index is -0.785. The van der Waals surface area contributed by atoms with Crippen molar-refractivity contribution in [3.05, 3.63) is 60.2 Å². The number of hydrogen-bond acceptors (Lipinski definition) is 5. The van der Waals surface area contributed by atoms with Gasteiger partial charge in [0, 0.05) is 41.0 Å². The molecule has 1 amide bonds. The maximum Gasteiger partial charge on any atom is 0.266 e. The van der Waals surface area contributed by atoms with E-state index in [1.165, 1.54) is 0 Å². The van der Waals surface area contributed by atoms with Crippen LogP contribution in [-0.4, -0.2) is 15.3 Å². The van der Waals surface area contributed by atoms with Gasteiger partial charge in [-0.15, -0.1) is 0 Å². The number of amides is 1. The molecule has 0 bridgehead atoms. The van der Waals surface area contributed by atoms with Gasteiger partial charge in [-0.2, -0.15) is 0 Å². The zero-order valence-electron chi connectivity index (χ0n) is 14.2. The van der Waals surface area contributed by atoms with Crippen molar-refractivity contribution >= 4 is 22.9 Å². The number of fused-ring (bicyclic) bond motifs is 1. The summed E-state index contributed by atoms with van der Waals surface area (Å²) in [6.07, 6.45) is 5.47. The summed E-state index contributed by atoms with van der Waals surface area (Å²) >= 11 is 0. The lowest BCUT2D eigenvalue weighted by Crippen LogP contribution is -2.24. The van der Waals surface area contributed by atoms with Gasteiger partial charge in [-0.1, -0.05) is 32.0 Å².